The first kappa shape index (κ1) is 10.3. The SMILES string of the molecule is CCCc1nc(-c2cncc(Br)c2)n[nH]1. The fourth-order valence-corrected chi connectivity index (χ4v) is 1.67. The summed E-state index contributed by atoms with van der Waals surface area (Å²) in [5.74, 6) is 1.62. The minimum atomic E-state index is 0.701. The number of halogens is 1. The van der Waals surface area contributed by atoms with Gasteiger partial charge < -0.3 is 0 Å². The van der Waals surface area contributed by atoms with Gasteiger partial charge in [0.25, 0.3) is 0 Å². The molecule has 2 rings (SSSR count). The fourth-order valence-electron chi connectivity index (χ4n) is 1.31. The Morgan fingerprint density at radius 1 is 1.40 bits per heavy atom. The predicted molar refractivity (Wildman–Crippen MR) is 61.3 cm³/mol. The summed E-state index contributed by atoms with van der Waals surface area (Å²) in [4.78, 5) is 8.46. The Morgan fingerprint density at radius 2 is 2.27 bits per heavy atom. The van der Waals surface area contributed by atoms with Crippen LogP contribution in [-0.2, 0) is 6.42 Å². The lowest BCUT2D eigenvalue weighted by Crippen LogP contribution is -1.85. The quantitative estimate of drug-likeness (QED) is 0.929. The lowest BCUT2D eigenvalue weighted by molar-refractivity contribution is 0.841. The third-order valence-corrected chi connectivity index (χ3v) is 2.42. The Balaban J connectivity index is 2.29. The molecule has 5 heteroatoms. The van der Waals surface area contributed by atoms with Crippen LogP contribution in [0.4, 0.5) is 0 Å². The van der Waals surface area contributed by atoms with Crippen LogP contribution in [-0.4, -0.2) is 20.2 Å². The van der Waals surface area contributed by atoms with Gasteiger partial charge in [-0.2, -0.15) is 5.10 Å². The van der Waals surface area contributed by atoms with Gasteiger partial charge in [0.05, 0.1) is 0 Å². The number of aromatic nitrogens is 4. The van der Waals surface area contributed by atoms with Crippen molar-refractivity contribution in [3.05, 3.63) is 28.8 Å². The van der Waals surface area contributed by atoms with E-state index in [-0.39, 0.29) is 0 Å². The molecule has 0 fully saturated rings. The molecule has 2 heterocycles. The minimum absolute atomic E-state index is 0.701. The van der Waals surface area contributed by atoms with E-state index in [2.05, 4.69) is 43.0 Å². The van der Waals surface area contributed by atoms with Crippen LogP contribution in [0.5, 0.6) is 0 Å². The van der Waals surface area contributed by atoms with Crippen LogP contribution in [0.25, 0.3) is 11.4 Å². The number of nitrogens with zero attached hydrogens (tertiary/aromatic N) is 3. The molecule has 4 nitrogen and oxygen atoms in total. The second-order valence-electron chi connectivity index (χ2n) is 3.25. The molecule has 15 heavy (non-hydrogen) atoms. The molecule has 0 aliphatic rings. The van der Waals surface area contributed by atoms with Crippen molar-refractivity contribution in [3.8, 4) is 11.4 Å². The highest BCUT2D eigenvalue weighted by Gasteiger charge is 2.05. The van der Waals surface area contributed by atoms with E-state index < -0.39 is 0 Å². The van der Waals surface area contributed by atoms with E-state index in [0.717, 1.165) is 28.7 Å². The third-order valence-electron chi connectivity index (χ3n) is 1.98. The highest BCUT2D eigenvalue weighted by atomic mass is 79.9. The van der Waals surface area contributed by atoms with E-state index in [0.29, 0.717) is 5.82 Å². The summed E-state index contributed by atoms with van der Waals surface area (Å²) in [5, 5.41) is 7.07. The Kier molecular flexibility index (Phi) is 3.11. The van der Waals surface area contributed by atoms with Crippen molar-refractivity contribution in [2.24, 2.45) is 0 Å². The lowest BCUT2D eigenvalue weighted by Gasteiger charge is -1.94. The molecule has 0 aromatic carbocycles. The summed E-state index contributed by atoms with van der Waals surface area (Å²) in [7, 11) is 0. The van der Waals surface area contributed by atoms with Gasteiger partial charge in [-0.1, -0.05) is 6.92 Å². The molecule has 2 aromatic heterocycles. The van der Waals surface area contributed by atoms with E-state index in [1.54, 1.807) is 12.4 Å². The molecular weight excluding hydrogens is 256 g/mol. The van der Waals surface area contributed by atoms with Gasteiger partial charge in [0.2, 0.25) is 0 Å². The van der Waals surface area contributed by atoms with Gasteiger partial charge in [-0.25, -0.2) is 4.98 Å². The molecule has 0 saturated carbocycles. The molecule has 78 valence electrons. The van der Waals surface area contributed by atoms with Crippen molar-refractivity contribution < 1.29 is 0 Å². The van der Waals surface area contributed by atoms with Crippen molar-refractivity contribution in [1.29, 1.82) is 0 Å². The molecule has 0 amide bonds. The third kappa shape index (κ3) is 2.41. The summed E-state index contributed by atoms with van der Waals surface area (Å²) in [6.45, 7) is 2.11. The van der Waals surface area contributed by atoms with Gasteiger partial charge in [0.1, 0.15) is 5.82 Å². The van der Waals surface area contributed by atoms with Crippen molar-refractivity contribution >= 4 is 15.9 Å². The van der Waals surface area contributed by atoms with E-state index in [1.165, 1.54) is 0 Å². The molecule has 0 bridgehead atoms. The van der Waals surface area contributed by atoms with Gasteiger partial charge in [0, 0.05) is 28.9 Å². The predicted octanol–water partition coefficient (Wildman–Crippen LogP) is 2.58. The highest BCUT2D eigenvalue weighted by molar-refractivity contribution is 9.10. The molecule has 2 aromatic rings. The molecule has 0 aliphatic heterocycles. The second-order valence-corrected chi connectivity index (χ2v) is 4.16. The zero-order valence-electron chi connectivity index (χ0n) is 8.37. The van der Waals surface area contributed by atoms with Gasteiger partial charge in [-0.05, 0) is 28.4 Å². The summed E-state index contributed by atoms with van der Waals surface area (Å²) in [6.07, 6.45) is 5.48. The van der Waals surface area contributed by atoms with Gasteiger partial charge in [0.15, 0.2) is 5.82 Å². The van der Waals surface area contributed by atoms with Gasteiger partial charge in [-0.3, -0.25) is 10.1 Å². The fraction of sp³-hybridized carbons (Fsp3) is 0.300. The van der Waals surface area contributed by atoms with Crippen LogP contribution < -0.4 is 0 Å². The first-order valence-corrected chi connectivity index (χ1v) is 5.61. The second kappa shape index (κ2) is 4.53. The van der Waals surface area contributed by atoms with Crippen LogP contribution in [0.3, 0.4) is 0 Å². The number of aryl methyl sites for hydroxylation is 1. The van der Waals surface area contributed by atoms with Crippen LogP contribution in [0, 0.1) is 0 Å². The molecule has 0 aliphatic carbocycles. The number of hydrogen-bond donors (Lipinski definition) is 1. The number of H-pyrrole nitrogens is 1. The lowest BCUT2D eigenvalue weighted by atomic mass is 10.3. The van der Waals surface area contributed by atoms with Crippen LogP contribution >= 0.6 is 15.9 Å². The minimum Gasteiger partial charge on any atom is -0.263 e. The number of hydrogen-bond acceptors (Lipinski definition) is 3. The summed E-state index contributed by atoms with van der Waals surface area (Å²) >= 11 is 3.37. The van der Waals surface area contributed by atoms with Crippen LogP contribution in [0.1, 0.15) is 19.2 Å². The summed E-state index contributed by atoms with van der Waals surface area (Å²) in [5.41, 5.74) is 0.919. The number of nitrogens with one attached hydrogen (secondary N) is 1. The van der Waals surface area contributed by atoms with Gasteiger partial charge in [-0.15, -0.1) is 0 Å². The average molecular weight is 267 g/mol. The van der Waals surface area contributed by atoms with Crippen molar-refractivity contribution in [3.63, 3.8) is 0 Å². The Hall–Kier alpha value is -1.23. The van der Waals surface area contributed by atoms with Crippen LogP contribution in [0.2, 0.25) is 0 Å². The molecule has 0 unspecified atom stereocenters. The molecular formula is C10H11BrN4. The standard InChI is InChI=1S/C10H11BrN4/c1-2-3-9-13-10(15-14-9)7-4-8(11)6-12-5-7/h4-6H,2-3H2,1H3,(H,13,14,15). The van der Waals surface area contributed by atoms with Crippen LogP contribution in [0.15, 0.2) is 22.9 Å². The maximum absolute atomic E-state index is 4.38. The summed E-state index contributed by atoms with van der Waals surface area (Å²) < 4.78 is 0.932. The normalized spacial score (nSPS) is 10.5. The monoisotopic (exact) mass is 266 g/mol. The molecule has 0 saturated heterocycles. The number of aromatic amines is 1. The first-order chi connectivity index (χ1) is 7.29. The van der Waals surface area contributed by atoms with Crippen molar-refractivity contribution in [2.45, 2.75) is 19.8 Å². The van der Waals surface area contributed by atoms with E-state index >= 15 is 0 Å². The maximum Gasteiger partial charge on any atom is 0.182 e. The Morgan fingerprint density at radius 3 is 3.00 bits per heavy atom. The summed E-state index contributed by atoms with van der Waals surface area (Å²) in [6, 6.07) is 1.95. The number of rotatable bonds is 3. The zero-order chi connectivity index (χ0) is 10.7. The highest BCUT2D eigenvalue weighted by Crippen LogP contribution is 2.18. The Labute approximate surface area is 96.3 Å². The Bertz CT molecular complexity index is 452. The van der Waals surface area contributed by atoms with Crippen molar-refractivity contribution in [1.82, 2.24) is 20.2 Å². The first-order valence-electron chi connectivity index (χ1n) is 4.82. The topological polar surface area (TPSA) is 54.5 Å². The van der Waals surface area contributed by atoms with E-state index in [1.807, 2.05) is 6.07 Å². The van der Waals surface area contributed by atoms with E-state index in [4.69, 9.17) is 0 Å². The van der Waals surface area contributed by atoms with Gasteiger partial charge >= 0.3 is 0 Å². The average Bonchev–Trinajstić information content (AvgIpc) is 2.67. The largest absolute Gasteiger partial charge is 0.263 e. The molecule has 1 N–H and O–H groups in total. The zero-order valence-corrected chi connectivity index (χ0v) is 9.95. The molecule has 0 radical (unpaired) electrons. The molecule has 0 atom stereocenters. The maximum atomic E-state index is 4.38. The van der Waals surface area contributed by atoms with E-state index in [9.17, 15) is 0 Å². The van der Waals surface area contributed by atoms with Crippen molar-refractivity contribution in [2.75, 3.05) is 0 Å². The number of pyridine rings is 1. The molecule has 0 spiro atoms. The smallest absolute Gasteiger partial charge is 0.182 e.